The zero-order valence-corrected chi connectivity index (χ0v) is 22.0. The summed E-state index contributed by atoms with van der Waals surface area (Å²) in [5.41, 5.74) is 1.90. The Hall–Kier alpha value is -3.08. The monoisotopic (exact) mass is 539 g/mol. The fourth-order valence-corrected chi connectivity index (χ4v) is 3.20. The molecule has 0 unspecified atom stereocenters. The number of aryl methyl sites for hydroxylation is 1. The van der Waals surface area contributed by atoms with Crippen LogP contribution in [-0.2, 0) is 19.5 Å². The number of benzene rings is 1. The maximum Gasteiger partial charge on any atom is 0.306 e. The first-order valence-corrected chi connectivity index (χ1v) is 12.1. The average molecular weight is 540 g/mol. The Morgan fingerprint density at radius 3 is 2.58 bits per heavy atom. The van der Waals surface area contributed by atoms with E-state index in [1.165, 1.54) is 35.5 Å². The predicted molar refractivity (Wildman–Crippen MR) is 141 cm³/mol. The SMILES string of the molecule is CCNCc1[nH]nc2ccc(Cl)cc12.CCl.Cc1cnc(NCC(F)(F)c2ccccn2)c(=O)n1C. The van der Waals surface area contributed by atoms with Gasteiger partial charge in [-0.1, -0.05) is 24.6 Å². The van der Waals surface area contributed by atoms with Gasteiger partial charge in [-0.15, -0.1) is 11.6 Å². The zero-order chi connectivity index (χ0) is 26.7. The molecule has 3 N–H and O–H groups in total. The minimum absolute atomic E-state index is 0.103. The summed E-state index contributed by atoms with van der Waals surface area (Å²) < 4.78 is 29.1. The van der Waals surface area contributed by atoms with Crippen LogP contribution in [-0.4, -0.2) is 44.2 Å². The highest BCUT2D eigenvalue weighted by Gasteiger charge is 2.33. The summed E-state index contributed by atoms with van der Waals surface area (Å²) >= 11 is 10.6. The third kappa shape index (κ3) is 7.71. The molecule has 0 saturated carbocycles. The van der Waals surface area contributed by atoms with Crippen molar-refractivity contribution in [1.82, 2.24) is 30.0 Å². The van der Waals surface area contributed by atoms with Crippen molar-refractivity contribution in [2.75, 3.05) is 24.8 Å². The van der Waals surface area contributed by atoms with Crippen molar-refractivity contribution in [3.8, 4) is 0 Å². The first-order valence-electron chi connectivity index (χ1n) is 11.0. The molecule has 8 nitrogen and oxygen atoms in total. The molecule has 0 amide bonds. The van der Waals surface area contributed by atoms with E-state index in [9.17, 15) is 13.6 Å². The Morgan fingerprint density at radius 1 is 1.17 bits per heavy atom. The van der Waals surface area contributed by atoms with Crippen molar-refractivity contribution in [2.24, 2.45) is 7.05 Å². The third-order valence-corrected chi connectivity index (χ3v) is 5.32. The molecule has 0 aliphatic rings. The lowest BCUT2D eigenvalue weighted by molar-refractivity contribution is 0.00588. The number of anilines is 1. The highest BCUT2D eigenvalue weighted by atomic mass is 35.5. The van der Waals surface area contributed by atoms with Crippen LogP contribution in [0.4, 0.5) is 14.6 Å². The Labute approximate surface area is 218 Å². The molecular formula is C24H29Cl2F2N7O. The molecular weight excluding hydrogens is 511 g/mol. The molecule has 3 aromatic heterocycles. The summed E-state index contributed by atoms with van der Waals surface area (Å²) in [6.07, 6.45) is 4.22. The molecule has 0 atom stereocenters. The van der Waals surface area contributed by atoms with Crippen LogP contribution in [0.25, 0.3) is 10.9 Å². The first-order chi connectivity index (χ1) is 17.2. The number of hydrogen-bond donors (Lipinski definition) is 3. The number of aromatic amines is 1. The topological polar surface area (TPSA) is 101 Å². The lowest BCUT2D eigenvalue weighted by atomic mass is 10.2. The van der Waals surface area contributed by atoms with Crippen molar-refractivity contribution in [3.05, 3.63) is 81.3 Å². The molecule has 0 saturated heterocycles. The number of fused-ring (bicyclic) bond motifs is 1. The van der Waals surface area contributed by atoms with Crippen molar-refractivity contribution in [2.45, 2.75) is 26.3 Å². The van der Waals surface area contributed by atoms with Gasteiger partial charge < -0.3 is 15.2 Å². The molecule has 0 bridgehead atoms. The van der Waals surface area contributed by atoms with Crippen LogP contribution < -0.4 is 16.2 Å². The first kappa shape index (κ1) is 29.2. The highest BCUT2D eigenvalue weighted by Crippen LogP contribution is 2.25. The number of halogens is 4. The second-order valence-electron chi connectivity index (χ2n) is 7.53. The third-order valence-electron chi connectivity index (χ3n) is 5.08. The number of alkyl halides is 3. The Balaban J connectivity index is 0.000000250. The van der Waals surface area contributed by atoms with E-state index >= 15 is 0 Å². The molecule has 194 valence electrons. The van der Waals surface area contributed by atoms with E-state index in [-0.39, 0.29) is 11.5 Å². The number of nitrogens with zero attached hydrogens (tertiary/aromatic N) is 4. The molecule has 1 aromatic carbocycles. The van der Waals surface area contributed by atoms with Crippen LogP contribution >= 0.6 is 23.2 Å². The fourth-order valence-electron chi connectivity index (χ4n) is 3.02. The smallest absolute Gasteiger partial charge is 0.306 e. The van der Waals surface area contributed by atoms with Gasteiger partial charge >= 0.3 is 5.92 Å². The average Bonchev–Trinajstić information content (AvgIpc) is 3.29. The van der Waals surface area contributed by atoms with Crippen LogP contribution in [0.15, 0.2) is 53.6 Å². The summed E-state index contributed by atoms with van der Waals surface area (Å²) in [5, 5.41) is 14.7. The summed E-state index contributed by atoms with van der Waals surface area (Å²) in [6.45, 7) is 4.79. The number of nitrogens with one attached hydrogen (secondary N) is 3. The number of pyridine rings is 1. The molecule has 0 aliphatic carbocycles. The van der Waals surface area contributed by atoms with E-state index in [0.29, 0.717) is 5.69 Å². The molecule has 0 aliphatic heterocycles. The largest absolute Gasteiger partial charge is 0.359 e. The van der Waals surface area contributed by atoms with Gasteiger partial charge in [0.1, 0.15) is 5.69 Å². The lowest BCUT2D eigenvalue weighted by Crippen LogP contribution is -2.30. The molecule has 0 fully saturated rings. The Morgan fingerprint density at radius 2 is 1.92 bits per heavy atom. The molecule has 12 heteroatoms. The quantitative estimate of drug-likeness (QED) is 0.290. The van der Waals surface area contributed by atoms with Crippen LogP contribution in [0.5, 0.6) is 0 Å². The Kier molecular flexibility index (Phi) is 11.2. The second-order valence-corrected chi connectivity index (χ2v) is 7.97. The summed E-state index contributed by atoms with van der Waals surface area (Å²) in [4.78, 5) is 19.3. The molecule has 3 heterocycles. The fraction of sp³-hybridized carbons (Fsp3) is 0.333. The Bertz CT molecular complexity index is 1300. The van der Waals surface area contributed by atoms with Crippen LogP contribution in [0.2, 0.25) is 5.02 Å². The van der Waals surface area contributed by atoms with Gasteiger partial charge in [0.2, 0.25) is 0 Å². The van der Waals surface area contributed by atoms with Gasteiger partial charge in [0.25, 0.3) is 5.56 Å². The lowest BCUT2D eigenvalue weighted by Gasteiger charge is -2.16. The minimum atomic E-state index is -3.18. The van der Waals surface area contributed by atoms with Gasteiger partial charge in [-0.05, 0) is 43.8 Å². The van der Waals surface area contributed by atoms with Crippen LogP contribution in [0.3, 0.4) is 0 Å². The van der Waals surface area contributed by atoms with Gasteiger partial charge in [0.05, 0.1) is 17.8 Å². The number of aromatic nitrogens is 5. The number of hydrogen-bond acceptors (Lipinski definition) is 6. The van der Waals surface area contributed by atoms with E-state index < -0.39 is 18.0 Å². The molecule has 4 rings (SSSR count). The normalized spacial score (nSPS) is 10.8. The summed E-state index contributed by atoms with van der Waals surface area (Å²) in [5.74, 6) is -3.28. The maximum atomic E-state index is 13.9. The van der Waals surface area contributed by atoms with Crippen molar-refractivity contribution in [1.29, 1.82) is 0 Å². The summed E-state index contributed by atoms with van der Waals surface area (Å²) in [6, 6.07) is 9.99. The molecule has 0 radical (unpaired) electrons. The molecule has 36 heavy (non-hydrogen) atoms. The van der Waals surface area contributed by atoms with Gasteiger partial charge in [-0.3, -0.25) is 14.9 Å². The summed E-state index contributed by atoms with van der Waals surface area (Å²) in [7, 11) is 1.56. The van der Waals surface area contributed by atoms with Crippen molar-refractivity contribution < 1.29 is 8.78 Å². The van der Waals surface area contributed by atoms with Crippen molar-refractivity contribution >= 4 is 39.9 Å². The standard InChI is InChI=1S/C13H14F2N4O.C10H12ClN3.CH3Cl/c1-9-7-17-11(12(20)19(9)2)18-8-13(14,15)10-5-3-4-6-16-10;1-2-12-6-10-8-5-7(11)3-4-9(8)13-14-10;1-2/h3-7H,8H2,1-2H3,(H,17,18);3-5,12H,2,6H2,1H3,(H,13,14);1H3. The van der Waals surface area contributed by atoms with Crippen LogP contribution in [0, 0.1) is 6.92 Å². The highest BCUT2D eigenvalue weighted by molar-refractivity contribution is 6.31. The van der Waals surface area contributed by atoms with Gasteiger partial charge in [0, 0.05) is 48.5 Å². The zero-order valence-electron chi connectivity index (χ0n) is 20.4. The second kappa shape index (κ2) is 13.9. The van der Waals surface area contributed by atoms with Crippen LogP contribution in [0.1, 0.15) is 24.0 Å². The van der Waals surface area contributed by atoms with E-state index in [0.717, 1.165) is 34.7 Å². The van der Waals surface area contributed by atoms with Crippen molar-refractivity contribution in [3.63, 3.8) is 0 Å². The van der Waals surface area contributed by atoms with E-state index in [1.54, 1.807) is 20.0 Å². The van der Waals surface area contributed by atoms with Gasteiger partial charge in [0.15, 0.2) is 5.82 Å². The number of rotatable bonds is 7. The van der Waals surface area contributed by atoms with E-state index in [4.69, 9.17) is 11.6 Å². The minimum Gasteiger partial charge on any atom is -0.359 e. The van der Waals surface area contributed by atoms with Gasteiger partial charge in [-0.2, -0.15) is 13.9 Å². The van der Waals surface area contributed by atoms with Gasteiger partial charge in [-0.25, -0.2) is 4.98 Å². The molecule has 0 spiro atoms. The maximum absolute atomic E-state index is 13.9. The van der Waals surface area contributed by atoms with E-state index in [2.05, 4.69) is 49.3 Å². The predicted octanol–water partition coefficient (Wildman–Crippen LogP) is 4.87. The molecule has 4 aromatic rings. The number of H-pyrrole nitrogens is 1. The van der Waals surface area contributed by atoms with E-state index in [1.807, 2.05) is 18.2 Å².